The number of hydrogen-bond acceptors (Lipinski definition) is 7. The highest BCUT2D eigenvalue weighted by Gasteiger charge is 2.14. The molecule has 0 fully saturated rings. The number of aryl methyl sites for hydroxylation is 1. The van der Waals surface area contributed by atoms with E-state index in [9.17, 15) is 0 Å². The maximum atomic E-state index is 5.36. The smallest absolute Gasteiger partial charge is 0.238 e. The fourth-order valence-corrected chi connectivity index (χ4v) is 3.65. The van der Waals surface area contributed by atoms with Crippen LogP contribution in [-0.4, -0.2) is 40.6 Å². The zero-order chi connectivity index (χ0) is 20.1. The van der Waals surface area contributed by atoms with E-state index in [-0.39, 0.29) is 0 Å². The normalized spacial score (nSPS) is 13.2. The highest BCUT2D eigenvalue weighted by Crippen LogP contribution is 2.21. The number of aliphatic imine (C=N–C) groups is 1. The van der Waals surface area contributed by atoms with Gasteiger partial charge in [0, 0.05) is 10.9 Å². The van der Waals surface area contributed by atoms with Crippen molar-refractivity contribution in [2.45, 2.75) is 6.92 Å². The first-order valence-electron chi connectivity index (χ1n) is 9.15. The average Bonchev–Trinajstić information content (AvgIpc) is 3.43. The number of aromatic nitrogens is 3. The lowest BCUT2D eigenvalue weighted by atomic mass is 10.3. The van der Waals surface area contributed by atoms with Gasteiger partial charge in [-0.25, -0.2) is 15.4 Å². The summed E-state index contributed by atoms with van der Waals surface area (Å²) in [6.45, 7) is 3.12. The van der Waals surface area contributed by atoms with E-state index in [0.29, 0.717) is 30.6 Å². The van der Waals surface area contributed by atoms with E-state index in [1.807, 2.05) is 29.8 Å². The van der Waals surface area contributed by atoms with E-state index >= 15 is 0 Å². The predicted octanol–water partition coefficient (Wildman–Crippen LogP) is 3.77. The minimum atomic E-state index is 0.509. The highest BCUT2D eigenvalue weighted by atomic mass is 32.1. The molecule has 1 aromatic carbocycles. The first kappa shape index (κ1) is 19.1. The maximum absolute atomic E-state index is 5.36. The number of benzene rings is 1. The fourth-order valence-electron chi connectivity index (χ4n) is 2.86. The van der Waals surface area contributed by atoms with Gasteiger partial charge in [0.05, 0.1) is 32.3 Å². The summed E-state index contributed by atoms with van der Waals surface area (Å²) in [7, 11) is 1.59. The lowest BCUT2D eigenvalue weighted by Gasteiger charge is -2.15. The third-order valence-electron chi connectivity index (χ3n) is 4.26. The Labute approximate surface area is 172 Å². The molecule has 1 aliphatic rings. The molecule has 0 saturated carbocycles. The molecule has 5 rings (SSSR count). The van der Waals surface area contributed by atoms with Gasteiger partial charge in [-0.05, 0) is 42.0 Å². The van der Waals surface area contributed by atoms with Crippen LogP contribution < -0.4 is 10.2 Å². The SMILES string of the molecule is COc1nc(C2=NCCON2)ccc1-n1cnc(C)c1.c1ccc2sccc2c1. The van der Waals surface area contributed by atoms with Crippen LogP contribution in [0.1, 0.15) is 11.4 Å². The highest BCUT2D eigenvalue weighted by molar-refractivity contribution is 7.17. The molecular weight excluding hydrogens is 386 g/mol. The number of ether oxygens (including phenoxy) is 1. The summed E-state index contributed by atoms with van der Waals surface area (Å²) in [5.74, 6) is 1.12. The zero-order valence-electron chi connectivity index (χ0n) is 16.2. The number of nitrogens with zero attached hydrogens (tertiary/aromatic N) is 4. The summed E-state index contributed by atoms with van der Waals surface area (Å²) in [6, 6.07) is 14.3. The minimum Gasteiger partial charge on any atom is -0.479 e. The Balaban J connectivity index is 0.000000188. The molecule has 3 aromatic heterocycles. The molecule has 29 heavy (non-hydrogen) atoms. The number of methoxy groups -OCH3 is 1. The molecule has 148 valence electrons. The van der Waals surface area contributed by atoms with Crippen molar-refractivity contribution in [3.05, 3.63) is 71.8 Å². The Kier molecular flexibility index (Phi) is 5.83. The molecule has 0 atom stereocenters. The van der Waals surface area contributed by atoms with E-state index < -0.39 is 0 Å². The van der Waals surface area contributed by atoms with Crippen LogP contribution in [0.5, 0.6) is 5.88 Å². The molecule has 0 amide bonds. The minimum absolute atomic E-state index is 0.509. The second-order valence-electron chi connectivity index (χ2n) is 6.29. The van der Waals surface area contributed by atoms with Gasteiger partial charge in [0.25, 0.3) is 0 Å². The third kappa shape index (κ3) is 4.44. The van der Waals surface area contributed by atoms with Crippen LogP contribution in [0.15, 0.2) is 65.4 Å². The molecule has 0 aliphatic carbocycles. The number of thiophene rings is 1. The molecule has 4 aromatic rings. The molecule has 0 saturated heterocycles. The summed E-state index contributed by atoms with van der Waals surface area (Å²) < 4.78 is 8.60. The van der Waals surface area contributed by atoms with Crippen molar-refractivity contribution in [1.29, 1.82) is 0 Å². The average molecular weight is 407 g/mol. The third-order valence-corrected chi connectivity index (χ3v) is 5.16. The van der Waals surface area contributed by atoms with Gasteiger partial charge in [-0.3, -0.25) is 9.83 Å². The van der Waals surface area contributed by atoms with Crippen molar-refractivity contribution in [1.82, 2.24) is 20.0 Å². The Morgan fingerprint density at radius 3 is 2.79 bits per heavy atom. The Morgan fingerprint density at radius 1 is 1.17 bits per heavy atom. The number of nitrogens with one attached hydrogen (secondary N) is 1. The van der Waals surface area contributed by atoms with Gasteiger partial charge < -0.3 is 9.30 Å². The Hall–Kier alpha value is -3.23. The lowest BCUT2D eigenvalue weighted by Crippen LogP contribution is -2.31. The first-order chi connectivity index (χ1) is 14.2. The van der Waals surface area contributed by atoms with Gasteiger partial charge in [-0.1, -0.05) is 18.2 Å². The largest absolute Gasteiger partial charge is 0.479 e. The summed E-state index contributed by atoms with van der Waals surface area (Å²) in [5, 5.41) is 3.47. The van der Waals surface area contributed by atoms with Crippen LogP contribution in [0.25, 0.3) is 15.8 Å². The quantitative estimate of drug-likeness (QED) is 0.560. The second-order valence-corrected chi connectivity index (χ2v) is 7.23. The summed E-state index contributed by atoms with van der Waals surface area (Å²) in [6.07, 6.45) is 3.65. The zero-order valence-corrected chi connectivity index (χ0v) is 17.0. The predicted molar refractivity (Wildman–Crippen MR) is 115 cm³/mol. The van der Waals surface area contributed by atoms with Crippen LogP contribution in [0, 0.1) is 6.92 Å². The number of fused-ring (bicyclic) bond motifs is 1. The molecule has 0 radical (unpaired) electrons. The molecule has 8 heteroatoms. The standard InChI is InChI=1S/C13H15N5O2.C8H6S/c1-9-7-18(8-15-9)11-4-3-10(16-13(11)19-2)12-14-5-6-20-17-12;1-2-4-8-7(3-1)5-6-9-8/h3-4,7-8H,5-6H2,1-2H3,(H,14,17);1-6H. The fraction of sp³-hybridized carbons (Fsp3) is 0.190. The van der Waals surface area contributed by atoms with Crippen LogP contribution in [0.2, 0.25) is 0 Å². The molecule has 4 heterocycles. The molecule has 1 aliphatic heterocycles. The van der Waals surface area contributed by atoms with Crippen molar-refractivity contribution in [2.75, 3.05) is 20.3 Å². The number of pyridine rings is 1. The maximum Gasteiger partial charge on any atom is 0.238 e. The van der Waals surface area contributed by atoms with Crippen molar-refractivity contribution in [3.8, 4) is 11.6 Å². The molecule has 0 bridgehead atoms. The lowest BCUT2D eigenvalue weighted by molar-refractivity contribution is 0.0824. The molecule has 7 nitrogen and oxygen atoms in total. The molecule has 0 spiro atoms. The van der Waals surface area contributed by atoms with E-state index in [0.717, 1.165) is 11.4 Å². The Bertz CT molecular complexity index is 1100. The second kappa shape index (κ2) is 8.85. The number of rotatable bonds is 3. The van der Waals surface area contributed by atoms with E-state index in [1.54, 1.807) is 24.8 Å². The number of imidazole rings is 1. The van der Waals surface area contributed by atoms with Crippen LogP contribution in [0.3, 0.4) is 0 Å². The molecule has 0 unspecified atom stereocenters. The van der Waals surface area contributed by atoms with Gasteiger partial charge in [-0.15, -0.1) is 11.3 Å². The van der Waals surface area contributed by atoms with Gasteiger partial charge in [-0.2, -0.15) is 0 Å². The number of hydrogen-bond donors (Lipinski definition) is 1. The van der Waals surface area contributed by atoms with Crippen molar-refractivity contribution in [3.63, 3.8) is 0 Å². The summed E-state index contributed by atoms with van der Waals surface area (Å²) >= 11 is 1.79. The first-order valence-corrected chi connectivity index (χ1v) is 10.0. The topological polar surface area (TPSA) is 73.6 Å². The van der Waals surface area contributed by atoms with Crippen LogP contribution in [-0.2, 0) is 4.84 Å². The number of hydroxylamine groups is 1. The van der Waals surface area contributed by atoms with Gasteiger partial charge >= 0.3 is 0 Å². The van der Waals surface area contributed by atoms with Crippen molar-refractivity contribution >= 4 is 27.3 Å². The monoisotopic (exact) mass is 407 g/mol. The molecular formula is C21H21N5O2S. The van der Waals surface area contributed by atoms with E-state index in [4.69, 9.17) is 9.57 Å². The van der Waals surface area contributed by atoms with Crippen LogP contribution >= 0.6 is 11.3 Å². The summed E-state index contributed by atoms with van der Waals surface area (Å²) in [5.41, 5.74) is 5.21. The van der Waals surface area contributed by atoms with E-state index in [1.165, 1.54) is 10.1 Å². The van der Waals surface area contributed by atoms with Crippen molar-refractivity contribution < 1.29 is 9.57 Å². The molecule has 1 N–H and O–H groups in total. The van der Waals surface area contributed by atoms with Crippen molar-refractivity contribution in [2.24, 2.45) is 4.99 Å². The number of amidine groups is 1. The Morgan fingerprint density at radius 2 is 2.07 bits per heavy atom. The summed E-state index contributed by atoms with van der Waals surface area (Å²) in [4.78, 5) is 18.1. The van der Waals surface area contributed by atoms with Gasteiger partial charge in [0.1, 0.15) is 11.4 Å². The van der Waals surface area contributed by atoms with Gasteiger partial charge in [0.2, 0.25) is 5.88 Å². The van der Waals surface area contributed by atoms with Gasteiger partial charge in [0.15, 0.2) is 5.84 Å². The van der Waals surface area contributed by atoms with Crippen LogP contribution in [0.4, 0.5) is 0 Å². The van der Waals surface area contributed by atoms with E-state index in [2.05, 4.69) is 56.2 Å².